The predicted molar refractivity (Wildman–Crippen MR) is 65.6 cm³/mol. The lowest BCUT2D eigenvalue weighted by Crippen LogP contribution is -2.18. The van der Waals surface area contributed by atoms with Crippen molar-refractivity contribution in [1.82, 2.24) is 0 Å². The number of aliphatic hydroxyl groups excluding tert-OH is 1. The molecule has 0 spiro atoms. The van der Waals surface area contributed by atoms with Crippen molar-refractivity contribution < 1.29 is 14.6 Å². The first-order valence-corrected chi connectivity index (χ1v) is 5.30. The molecule has 0 unspecified atom stereocenters. The molecule has 0 aliphatic rings. The first kappa shape index (κ1) is 13.1. The summed E-state index contributed by atoms with van der Waals surface area (Å²) in [6.45, 7) is 3.33. The molecule has 4 nitrogen and oxygen atoms in total. The highest BCUT2D eigenvalue weighted by molar-refractivity contribution is 5.86. The third-order valence-corrected chi connectivity index (χ3v) is 1.81. The number of hydrogen-bond acceptors (Lipinski definition) is 3. The van der Waals surface area contributed by atoms with E-state index >= 15 is 0 Å². The summed E-state index contributed by atoms with van der Waals surface area (Å²) in [4.78, 5) is 11.4. The molecule has 0 aromatic heterocycles. The van der Waals surface area contributed by atoms with Crippen LogP contribution in [-0.4, -0.2) is 23.9 Å². The molecule has 1 aromatic carbocycles. The van der Waals surface area contributed by atoms with E-state index in [1.807, 2.05) is 0 Å². The molecule has 0 aliphatic carbocycles. The topological polar surface area (TPSA) is 58.6 Å². The van der Waals surface area contributed by atoms with Gasteiger partial charge in [-0.1, -0.05) is 24.0 Å². The van der Waals surface area contributed by atoms with Gasteiger partial charge in [-0.25, -0.2) is 4.79 Å². The van der Waals surface area contributed by atoms with Crippen LogP contribution in [-0.2, 0) is 4.74 Å². The molecule has 1 rings (SSSR count). The molecule has 1 amide bonds. The highest BCUT2D eigenvalue weighted by Gasteiger charge is 2.07. The standard InChI is InChI=1S/C13H15NO3/c1-10(2)17-13(16)14-12-8-4-3-6-11(12)7-5-9-15/h3-4,6,8,10,15H,9H2,1-2H3,(H,14,16). The fourth-order valence-electron chi connectivity index (χ4n) is 1.19. The fourth-order valence-corrected chi connectivity index (χ4v) is 1.19. The molecule has 4 heteroatoms. The number of rotatable bonds is 2. The zero-order valence-corrected chi connectivity index (χ0v) is 9.86. The Kier molecular flexibility index (Phi) is 5.05. The van der Waals surface area contributed by atoms with Crippen molar-refractivity contribution in [3.05, 3.63) is 29.8 Å². The molecule has 90 valence electrons. The van der Waals surface area contributed by atoms with Crippen LogP contribution in [0.2, 0.25) is 0 Å². The second kappa shape index (κ2) is 6.56. The molecule has 0 saturated carbocycles. The first-order chi connectivity index (χ1) is 8.13. The number of para-hydroxylation sites is 1. The molecule has 0 aliphatic heterocycles. The molecule has 0 radical (unpaired) electrons. The summed E-state index contributed by atoms with van der Waals surface area (Å²) in [6.07, 6.45) is -0.691. The minimum Gasteiger partial charge on any atom is -0.447 e. The van der Waals surface area contributed by atoms with Crippen LogP contribution < -0.4 is 5.32 Å². The maximum atomic E-state index is 11.4. The number of benzene rings is 1. The van der Waals surface area contributed by atoms with Gasteiger partial charge in [0, 0.05) is 5.56 Å². The van der Waals surface area contributed by atoms with E-state index in [2.05, 4.69) is 17.2 Å². The smallest absolute Gasteiger partial charge is 0.411 e. The number of anilines is 1. The van der Waals surface area contributed by atoms with Crippen LogP contribution in [0.15, 0.2) is 24.3 Å². The molecule has 0 heterocycles. The lowest BCUT2D eigenvalue weighted by atomic mass is 10.2. The second-order valence-electron chi connectivity index (χ2n) is 3.58. The predicted octanol–water partition coefficient (Wildman–Crippen LogP) is 1.99. The van der Waals surface area contributed by atoms with Crippen LogP contribution in [0.1, 0.15) is 19.4 Å². The molecule has 0 bridgehead atoms. The average molecular weight is 233 g/mol. The van der Waals surface area contributed by atoms with Gasteiger partial charge in [0.05, 0.1) is 11.8 Å². The summed E-state index contributed by atoms with van der Waals surface area (Å²) >= 11 is 0. The van der Waals surface area contributed by atoms with Crippen LogP contribution in [0.5, 0.6) is 0 Å². The van der Waals surface area contributed by atoms with Crippen LogP contribution in [0, 0.1) is 11.8 Å². The van der Waals surface area contributed by atoms with Gasteiger partial charge >= 0.3 is 6.09 Å². The van der Waals surface area contributed by atoms with Crippen molar-refractivity contribution in [3.8, 4) is 11.8 Å². The molecular formula is C13H15NO3. The minimum atomic E-state index is -0.516. The zero-order chi connectivity index (χ0) is 12.7. The minimum absolute atomic E-state index is 0.175. The third-order valence-electron chi connectivity index (χ3n) is 1.81. The van der Waals surface area contributed by atoms with Crippen molar-refractivity contribution >= 4 is 11.8 Å². The molecule has 0 saturated heterocycles. The molecule has 17 heavy (non-hydrogen) atoms. The Labute approximate surface area is 101 Å². The van der Waals surface area contributed by atoms with E-state index in [-0.39, 0.29) is 12.7 Å². The number of amides is 1. The average Bonchev–Trinajstić information content (AvgIpc) is 2.26. The van der Waals surface area contributed by atoms with Crippen molar-refractivity contribution in [2.45, 2.75) is 20.0 Å². The van der Waals surface area contributed by atoms with Gasteiger partial charge < -0.3 is 9.84 Å². The number of carbonyl (C=O) groups is 1. The number of nitrogens with one attached hydrogen (secondary N) is 1. The van der Waals surface area contributed by atoms with E-state index in [0.29, 0.717) is 11.3 Å². The van der Waals surface area contributed by atoms with Gasteiger partial charge in [-0.15, -0.1) is 0 Å². The SMILES string of the molecule is CC(C)OC(=O)Nc1ccccc1C#CCO. The summed E-state index contributed by atoms with van der Waals surface area (Å²) in [5.74, 6) is 5.28. The van der Waals surface area contributed by atoms with Crippen molar-refractivity contribution in [1.29, 1.82) is 0 Å². The summed E-state index contributed by atoms with van der Waals surface area (Å²) in [7, 11) is 0. The fraction of sp³-hybridized carbons (Fsp3) is 0.308. The highest BCUT2D eigenvalue weighted by atomic mass is 16.6. The Hall–Kier alpha value is -1.99. The Morgan fingerprint density at radius 1 is 1.47 bits per heavy atom. The molecule has 1 aromatic rings. The largest absolute Gasteiger partial charge is 0.447 e. The van der Waals surface area contributed by atoms with Crippen LogP contribution in [0.3, 0.4) is 0 Å². The Balaban J connectivity index is 2.80. The normalized spacial score (nSPS) is 9.41. The van der Waals surface area contributed by atoms with E-state index < -0.39 is 6.09 Å². The number of ether oxygens (including phenoxy) is 1. The van der Waals surface area contributed by atoms with E-state index in [1.54, 1.807) is 38.1 Å². The quantitative estimate of drug-likeness (QED) is 0.768. The van der Waals surface area contributed by atoms with E-state index in [1.165, 1.54) is 0 Å². The lowest BCUT2D eigenvalue weighted by Gasteiger charge is -2.10. The van der Waals surface area contributed by atoms with Gasteiger partial charge in [0.25, 0.3) is 0 Å². The van der Waals surface area contributed by atoms with E-state index in [9.17, 15) is 4.79 Å². The van der Waals surface area contributed by atoms with Gasteiger partial charge in [0.1, 0.15) is 6.61 Å². The Morgan fingerprint density at radius 2 is 2.18 bits per heavy atom. The first-order valence-electron chi connectivity index (χ1n) is 5.30. The van der Waals surface area contributed by atoms with Gasteiger partial charge in [-0.05, 0) is 26.0 Å². The van der Waals surface area contributed by atoms with Crippen LogP contribution >= 0.6 is 0 Å². The molecule has 0 atom stereocenters. The van der Waals surface area contributed by atoms with E-state index in [0.717, 1.165) is 0 Å². The number of aliphatic hydroxyl groups is 1. The molecule has 2 N–H and O–H groups in total. The van der Waals surface area contributed by atoms with Crippen LogP contribution in [0.4, 0.5) is 10.5 Å². The maximum absolute atomic E-state index is 11.4. The monoisotopic (exact) mass is 233 g/mol. The van der Waals surface area contributed by atoms with Crippen LogP contribution in [0.25, 0.3) is 0 Å². The lowest BCUT2D eigenvalue weighted by molar-refractivity contribution is 0.130. The highest BCUT2D eigenvalue weighted by Crippen LogP contribution is 2.14. The van der Waals surface area contributed by atoms with E-state index in [4.69, 9.17) is 9.84 Å². The Morgan fingerprint density at radius 3 is 2.82 bits per heavy atom. The second-order valence-corrected chi connectivity index (χ2v) is 3.58. The van der Waals surface area contributed by atoms with Gasteiger partial charge in [-0.3, -0.25) is 5.32 Å². The summed E-state index contributed by atoms with van der Waals surface area (Å²) < 4.78 is 4.97. The summed E-state index contributed by atoms with van der Waals surface area (Å²) in [5, 5.41) is 11.2. The molecular weight excluding hydrogens is 218 g/mol. The summed E-state index contributed by atoms with van der Waals surface area (Å²) in [5.41, 5.74) is 1.21. The molecule has 0 fully saturated rings. The van der Waals surface area contributed by atoms with Crippen molar-refractivity contribution in [2.24, 2.45) is 0 Å². The van der Waals surface area contributed by atoms with Gasteiger partial charge in [0.2, 0.25) is 0 Å². The number of carbonyl (C=O) groups excluding carboxylic acids is 1. The zero-order valence-electron chi connectivity index (χ0n) is 9.86. The Bertz CT molecular complexity index is 443. The van der Waals surface area contributed by atoms with Gasteiger partial charge in [-0.2, -0.15) is 0 Å². The third kappa shape index (κ3) is 4.58. The number of hydrogen-bond donors (Lipinski definition) is 2. The van der Waals surface area contributed by atoms with Crippen molar-refractivity contribution in [2.75, 3.05) is 11.9 Å². The summed E-state index contributed by atoms with van der Waals surface area (Å²) in [6, 6.07) is 7.08. The maximum Gasteiger partial charge on any atom is 0.411 e. The van der Waals surface area contributed by atoms with Gasteiger partial charge in [0.15, 0.2) is 0 Å². The van der Waals surface area contributed by atoms with Crippen molar-refractivity contribution in [3.63, 3.8) is 0 Å².